The Balaban J connectivity index is 2.40. The molecule has 0 spiro atoms. The molecule has 86 valence electrons. The topological polar surface area (TPSA) is 48.1 Å². The van der Waals surface area contributed by atoms with Crippen molar-refractivity contribution in [2.45, 2.75) is 0 Å². The lowest BCUT2D eigenvalue weighted by molar-refractivity contribution is 0.628. The predicted octanol–water partition coefficient (Wildman–Crippen LogP) is 1.12. The minimum atomic E-state index is -0.293. The van der Waals surface area contributed by atoms with Gasteiger partial charge in [-0.1, -0.05) is 0 Å². The Morgan fingerprint density at radius 3 is 2.19 bits per heavy atom. The van der Waals surface area contributed by atoms with Crippen LogP contribution in [0.2, 0.25) is 0 Å². The average molecular weight is 258 g/mol. The second-order valence-corrected chi connectivity index (χ2v) is 3.61. The summed E-state index contributed by atoms with van der Waals surface area (Å²) in [7, 11) is 1.69. The normalized spacial score (nSPS) is 9.12. The Morgan fingerprint density at radius 1 is 1.06 bits per heavy atom. The molecular weight excluding hydrogens is 247 g/mol. The van der Waals surface area contributed by atoms with Crippen LogP contribution < -0.4 is 21.5 Å². The summed E-state index contributed by atoms with van der Waals surface area (Å²) in [6, 6.07) is 5.85. The maximum atomic E-state index is 12.6. The third-order valence-corrected chi connectivity index (χ3v) is 2.13. The molecule has 4 nitrogen and oxygen atoms in total. The van der Waals surface area contributed by atoms with E-state index in [4.69, 9.17) is 24.4 Å². The first-order valence-electron chi connectivity index (χ1n) is 4.42. The molecule has 16 heavy (non-hydrogen) atoms. The van der Waals surface area contributed by atoms with Crippen LogP contribution in [-0.2, 0) is 0 Å². The van der Waals surface area contributed by atoms with Crippen LogP contribution in [0.5, 0.6) is 0 Å². The number of hydrogen-bond acceptors (Lipinski definition) is 2. The highest BCUT2D eigenvalue weighted by Crippen LogP contribution is 2.07. The SMILES string of the molecule is CNC(=S)NNC(=S)Nc1ccc(F)cc1. The molecule has 0 aliphatic carbocycles. The van der Waals surface area contributed by atoms with E-state index in [1.807, 2.05) is 0 Å². The maximum absolute atomic E-state index is 12.6. The number of thiocarbonyl (C=S) groups is 2. The molecule has 0 saturated heterocycles. The molecule has 1 aromatic carbocycles. The van der Waals surface area contributed by atoms with E-state index in [1.54, 1.807) is 19.2 Å². The molecule has 0 bridgehead atoms. The first-order valence-corrected chi connectivity index (χ1v) is 5.24. The molecule has 0 heterocycles. The van der Waals surface area contributed by atoms with Crippen molar-refractivity contribution >= 4 is 40.3 Å². The fourth-order valence-corrected chi connectivity index (χ4v) is 1.09. The zero-order valence-corrected chi connectivity index (χ0v) is 10.1. The second-order valence-electron chi connectivity index (χ2n) is 2.79. The second kappa shape index (κ2) is 6.19. The monoisotopic (exact) mass is 258 g/mol. The summed E-state index contributed by atoms with van der Waals surface area (Å²) in [5.41, 5.74) is 6.02. The van der Waals surface area contributed by atoms with Gasteiger partial charge in [0.05, 0.1) is 0 Å². The van der Waals surface area contributed by atoms with Crippen molar-refractivity contribution in [3.63, 3.8) is 0 Å². The molecule has 0 aliphatic heterocycles. The van der Waals surface area contributed by atoms with Crippen molar-refractivity contribution in [2.75, 3.05) is 12.4 Å². The number of rotatable bonds is 1. The minimum absolute atomic E-state index is 0.293. The van der Waals surface area contributed by atoms with E-state index >= 15 is 0 Å². The molecule has 0 amide bonds. The van der Waals surface area contributed by atoms with E-state index in [9.17, 15) is 4.39 Å². The molecule has 0 atom stereocenters. The van der Waals surface area contributed by atoms with E-state index in [1.165, 1.54) is 12.1 Å². The van der Waals surface area contributed by atoms with Crippen molar-refractivity contribution in [1.29, 1.82) is 0 Å². The molecule has 4 N–H and O–H groups in total. The number of hydrazine groups is 1. The third-order valence-electron chi connectivity index (χ3n) is 1.62. The number of hydrogen-bond donors (Lipinski definition) is 4. The maximum Gasteiger partial charge on any atom is 0.189 e. The quantitative estimate of drug-likeness (QED) is 0.447. The fourth-order valence-electron chi connectivity index (χ4n) is 0.872. The highest BCUT2D eigenvalue weighted by atomic mass is 32.1. The van der Waals surface area contributed by atoms with E-state index in [2.05, 4.69) is 21.5 Å². The van der Waals surface area contributed by atoms with Gasteiger partial charge in [0.1, 0.15) is 5.82 Å². The van der Waals surface area contributed by atoms with E-state index in [-0.39, 0.29) is 5.82 Å². The zero-order valence-electron chi connectivity index (χ0n) is 8.50. The van der Waals surface area contributed by atoms with Crippen LogP contribution in [0.4, 0.5) is 10.1 Å². The Kier molecular flexibility index (Phi) is 4.87. The summed E-state index contributed by atoms with van der Waals surface area (Å²) < 4.78 is 12.6. The molecule has 0 fully saturated rings. The van der Waals surface area contributed by atoms with Gasteiger partial charge in [-0.3, -0.25) is 10.9 Å². The summed E-state index contributed by atoms with van der Waals surface area (Å²) in [6.07, 6.45) is 0. The zero-order chi connectivity index (χ0) is 12.0. The Morgan fingerprint density at radius 2 is 1.62 bits per heavy atom. The predicted molar refractivity (Wildman–Crippen MR) is 70.5 cm³/mol. The summed E-state index contributed by atoms with van der Waals surface area (Å²) in [4.78, 5) is 0. The first-order chi connectivity index (χ1) is 7.61. The van der Waals surface area contributed by atoms with Crippen LogP contribution in [0.1, 0.15) is 0 Å². The lowest BCUT2D eigenvalue weighted by Crippen LogP contribution is -2.47. The van der Waals surface area contributed by atoms with Crippen LogP contribution in [0.15, 0.2) is 24.3 Å². The largest absolute Gasteiger partial charge is 0.364 e. The van der Waals surface area contributed by atoms with Crippen LogP contribution in [0.3, 0.4) is 0 Å². The summed E-state index contributed by atoms with van der Waals surface area (Å²) in [5.74, 6) is -0.293. The highest BCUT2D eigenvalue weighted by Gasteiger charge is 1.97. The van der Waals surface area contributed by atoms with Gasteiger partial charge in [0.15, 0.2) is 10.2 Å². The molecule has 0 unspecified atom stereocenters. The van der Waals surface area contributed by atoms with E-state index in [0.717, 1.165) is 0 Å². The van der Waals surface area contributed by atoms with Crippen LogP contribution in [0.25, 0.3) is 0 Å². The lowest BCUT2D eigenvalue weighted by atomic mass is 10.3. The van der Waals surface area contributed by atoms with Gasteiger partial charge in [0.25, 0.3) is 0 Å². The number of benzene rings is 1. The molecule has 0 aromatic heterocycles. The van der Waals surface area contributed by atoms with Crippen LogP contribution >= 0.6 is 24.4 Å². The Bertz CT molecular complexity index is 380. The van der Waals surface area contributed by atoms with Gasteiger partial charge in [-0.15, -0.1) is 0 Å². The van der Waals surface area contributed by atoms with Gasteiger partial charge in [-0.2, -0.15) is 0 Å². The van der Waals surface area contributed by atoms with Crippen molar-refractivity contribution in [2.24, 2.45) is 0 Å². The van der Waals surface area contributed by atoms with Gasteiger partial charge < -0.3 is 10.6 Å². The fraction of sp³-hybridized carbons (Fsp3) is 0.111. The standard InChI is InChI=1S/C9H11FN4S2/c1-11-8(15)13-14-9(16)12-7-4-2-6(10)3-5-7/h2-5H,1H3,(H2,11,13,15)(H2,12,14,16). The summed E-state index contributed by atoms with van der Waals surface area (Å²) in [6.45, 7) is 0. The third kappa shape index (κ3) is 4.37. The Hall–Kier alpha value is -1.47. The van der Waals surface area contributed by atoms with Crippen LogP contribution in [0, 0.1) is 5.82 Å². The van der Waals surface area contributed by atoms with Gasteiger partial charge in [0, 0.05) is 12.7 Å². The molecule has 7 heteroatoms. The first kappa shape index (κ1) is 12.6. The van der Waals surface area contributed by atoms with Gasteiger partial charge >= 0.3 is 0 Å². The molecular formula is C9H11FN4S2. The number of halogens is 1. The molecule has 0 aliphatic rings. The molecule has 1 rings (SSSR count). The molecule has 0 radical (unpaired) electrons. The number of nitrogens with one attached hydrogen (secondary N) is 4. The number of anilines is 1. The van der Waals surface area contributed by atoms with Gasteiger partial charge in [-0.05, 0) is 48.7 Å². The van der Waals surface area contributed by atoms with E-state index < -0.39 is 0 Å². The van der Waals surface area contributed by atoms with E-state index in [0.29, 0.717) is 15.9 Å². The smallest absolute Gasteiger partial charge is 0.189 e. The summed E-state index contributed by atoms with van der Waals surface area (Å²) in [5, 5.41) is 6.32. The van der Waals surface area contributed by atoms with Crippen molar-refractivity contribution in [3.05, 3.63) is 30.1 Å². The van der Waals surface area contributed by atoms with Gasteiger partial charge in [0.2, 0.25) is 0 Å². The lowest BCUT2D eigenvalue weighted by Gasteiger charge is -2.12. The summed E-state index contributed by atoms with van der Waals surface area (Å²) >= 11 is 9.80. The van der Waals surface area contributed by atoms with Crippen molar-refractivity contribution in [1.82, 2.24) is 16.2 Å². The average Bonchev–Trinajstić information content (AvgIpc) is 2.29. The highest BCUT2D eigenvalue weighted by molar-refractivity contribution is 7.80. The molecule has 0 saturated carbocycles. The minimum Gasteiger partial charge on any atom is -0.364 e. The van der Waals surface area contributed by atoms with Crippen LogP contribution in [-0.4, -0.2) is 17.3 Å². The Labute approximate surface area is 104 Å². The van der Waals surface area contributed by atoms with Crippen molar-refractivity contribution < 1.29 is 4.39 Å². The van der Waals surface area contributed by atoms with Gasteiger partial charge in [-0.25, -0.2) is 4.39 Å². The molecule has 1 aromatic rings. The van der Waals surface area contributed by atoms with Crippen molar-refractivity contribution in [3.8, 4) is 0 Å².